The maximum atomic E-state index is 12.4. The van der Waals surface area contributed by atoms with Crippen LogP contribution in [0.3, 0.4) is 0 Å². The first-order valence-electron chi connectivity index (χ1n) is 6.54. The highest BCUT2D eigenvalue weighted by molar-refractivity contribution is 6.22. The molecule has 102 valence electrons. The van der Waals surface area contributed by atoms with E-state index in [9.17, 15) is 9.59 Å². The van der Waals surface area contributed by atoms with Crippen LogP contribution in [-0.2, 0) is 0 Å². The molecule has 4 nitrogen and oxygen atoms in total. The standard InChI is InChI=1S/C15H19NO3/c1-9(6-7-17)8-16-14(18)12-10(2)4-5-11(3)13(12)15(16)19/h4-5,9,17H,6-8H2,1-3H3. The van der Waals surface area contributed by atoms with E-state index in [1.807, 2.05) is 32.9 Å². The molecule has 1 aliphatic rings. The number of fused-ring (bicyclic) bond motifs is 1. The van der Waals surface area contributed by atoms with Gasteiger partial charge in [0.25, 0.3) is 11.8 Å². The van der Waals surface area contributed by atoms with Crippen molar-refractivity contribution in [1.29, 1.82) is 0 Å². The van der Waals surface area contributed by atoms with Crippen molar-refractivity contribution < 1.29 is 14.7 Å². The van der Waals surface area contributed by atoms with Crippen molar-refractivity contribution in [2.75, 3.05) is 13.2 Å². The van der Waals surface area contributed by atoms with Crippen LogP contribution in [0.25, 0.3) is 0 Å². The molecule has 0 saturated carbocycles. The third-order valence-electron chi connectivity index (χ3n) is 3.66. The van der Waals surface area contributed by atoms with E-state index in [0.717, 1.165) is 11.1 Å². The number of carbonyl (C=O) groups excluding carboxylic acids is 2. The van der Waals surface area contributed by atoms with Crippen LogP contribution in [0.5, 0.6) is 0 Å². The van der Waals surface area contributed by atoms with Gasteiger partial charge >= 0.3 is 0 Å². The van der Waals surface area contributed by atoms with E-state index < -0.39 is 0 Å². The van der Waals surface area contributed by atoms with Gasteiger partial charge in [-0.15, -0.1) is 0 Å². The first kappa shape index (κ1) is 13.7. The highest BCUT2D eigenvalue weighted by atomic mass is 16.3. The molecule has 1 heterocycles. The van der Waals surface area contributed by atoms with Gasteiger partial charge in [0.05, 0.1) is 11.1 Å². The second-order valence-electron chi connectivity index (χ2n) is 5.29. The summed E-state index contributed by atoms with van der Waals surface area (Å²) in [5.41, 5.74) is 2.77. The average molecular weight is 261 g/mol. The molecule has 2 rings (SSSR count). The highest BCUT2D eigenvalue weighted by Crippen LogP contribution is 2.29. The predicted molar refractivity (Wildman–Crippen MR) is 72.1 cm³/mol. The lowest BCUT2D eigenvalue weighted by Gasteiger charge is -2.18. The van der Waals surface area contributed by atoms with E-state index in [1.54, 1.807) is 0 Å². The van der Waals surface area contributed by atoms with Crippen LogP contribution in [0, 0.1) is 19.8 Å². The lowest BCUT2D eigenvalue weighted by molar-refractivity contribution is 0.0624. The molecule has 0 fully saturated rings. The molecule has 0 aliphatic carbocycles. The quantitative estimate of drug-likeness (QED) is 0.842. The SMILES string of the molecule is Cc1ccc(C)c2c1C(=O)N(CC(C)CCO)C2=O. The molecule has 1 aromatic rings. The second-order valence-corrected chi connectivity index (χ2v) is 5.29. The van der Waals surface area contributed by atoms with Crippen LogP contribution in [-0.4, -0.2) is 35.0 Å². The third kappa shape index (κ3) is 2.28. The number of aryl methyl sites for hydroxylation is 2. The fourth-order valence-corrected chi connectivity index (χ4v) is 2.51. The van der Waals surface area contributed by atoms with Crippen LogP contribution in [0.4, 0.5) is 0 Å². The number of benzene rings is 1. The number of nitrogens with zero attached hydrogens (tertiary/aromatic N) is 1. The molecule has 1 aliphatic heterocycles. The van der Waals surface area contributed by atoms with E-state index in [4.69, 9.17) is 5.11 Å². The Morgan fingerprint density at radius 3 is 2.00 bits per heavy atom. The van der Waals surface area contributed by atoms with Crippen molar-refractivity contribution in [2.45, 2.75) is 27.2 Å². The number of aliphatic hydroxyl groups excluding tert-OH is 1. The third-order valence-corrected chi connectivity index (χ3v) is 3.66. The molecule has 1 N–H and O–H groups in total. The molecule has 0 radical (unpaired) electrons. The normalized spacial score (nSPS) is 15.9. The highest BCUT2D eigenvalue weighted by Gasteiger charge is 2.38. The fourth-order valence-electron chi connectivity index (χ4n) is 2.51. The lowest BCUT2D eigenvalue weighted by Crippen LogP contribution is -2.34. The van der Waals surface area contributed by atoms with Gasteiger partial charge in [-0.1, -0.05) is 19.1 Å². The zero-order valence-electron chi connectivity index (χ0n) is 11.6. The Bertz CT molecular complexity index is 495. The van der Waals surface area contributed by atoms with Crippen molar-refractivity contribution >= 4 is 11.8 Å². The van der Waals surface area contributed by atoms with Gasteiger partial charge in [-0.25, -0.2) is 0 Å². The van der Waals surface area contributed by atoms with Gasteiger partial charge in [0, 0.05) is 13.2 Å². The zero-order chi connectivity index (χ0) is 14.2. The summed E-state index contributed by atoms with van der Waals surface area (Å²) in [6.45, 7) is 6.07. The van der Waals surface area contributed by atoms with E-state index in [1.165, 1.54) is 4.90 Å². The van der Waals surface area contributed by atoms with E-state index in [0.29, 0.717) is 24.1 Å². The van der Waals surface area contributed by atoms with Gasteiger partial charge in [-0.05, 0) is 37.3 Å². The van der Waals surface area contributed by atoms with Crippen molar-refractivity contribution in [3.05, 3.63) is 34.4 Å². The van der Waals surface area contributed by atoms with E-state index in [-0.39, 0.29) is 24.3 Å². The van der Waals surface area contributed by atoms with Gasteiger partial charge in [-0.3, -0.25) is 14.5 Å². The van der Waals surface area contributed by atoms with Crippen molar-refractivity contribution in [3.63, 3.8) is 0 Å². The summed E-state index contributed by atoms with van der Waals surface area (Å²) in [5, 5.41) is 8.92. The molecule has 19 heavy (non-hydrogen) atoms. The minimum absolute atomic E-state index is 0.0718. The summed E-state index contributed by atoms with van der Waals surface area (Å²) in [6, 6.07) is 3.75. The molecular weight excluding hydrogens is 242 g/mol. The van der Waals surface area contributed by atoms with Gasteiger partial charge < -0.3 is 5.11 Å². The molecule has 0 saturated heterocycles. The van der Waals surface area contributed by atoms with E-state index >= 15 is 0 Å². The Kier molecular flexibility index (Phi) is 3.71. The molecule has 0 spiro atoms. The van der Waals surface area contributed by atoms with Crippen LogP contribution < -0.4 is 0 Å². The maximum Gasteiger partial charge on any atom is 0.261 e. The number of aliphatic hydroxyl groups is 1. The molecule has 1 unspecified atom stereocenters. The number of hydrogen-bond donors (Lipinski definition) is 1. The molecular formula is C15H19NO3. The zero-order valence-corrected chi connectivity index (χ0v) is 11.6. The number of carbonyl (C=O) groups is 2. The van der Waals surface area contributed by atoms with Gasteiger partial charge in [0.1, 0.15) is 0 Å². The second kappa shape index (κ2) is 5.13. The first-order chi connectivity index (χ1) is 8.97. The monoisotopic (exact) mass is 261 g/mol. The molecule has 2 amide bonds. The van der Waals surface area contributed by atoms with Crippen molar-refractivity contribution in [1.82, 2.24) is 4.90 Å². The number of hydrogen-bond acceptors (Lipinski definition) is 3. The van der Waals surface area contributed by atoms with E-state index in [2.05, 4.69) is 0 Å². The van der Waals surface area contributed by atoms with Gasteiger partial charge in [0.15, 0.2) is 0 Å². The minimum Gasteiger partial charge on any atom is -0.396 e. The Hall–Kier alpha value is -1.68. The van der Waals surface area contributed by atoms with Gasteiger partial charge in [0.2, 0.25) is 0 Å². The predicted octanol–water partition coefficient (Wildman–Crippen LogP) is 1.92. The summed E-state index contributed by atoms with van der Waals surface area (Å²) in [5.74, 6) is -0.301. The summed E-state index contributed by atoms with van der Waals surface area (Å²) < 4.78 is 0. The molecule has 0 bridgehead atoms. The molecule has 1 atom stereocenters. The maximum absolute atomic E-state index is 12.4. The Labute approximate surface area is 113 Å². The fraction of sp³-hybridized carbons (Fsp3) is 0.467. The number of imide groups is 1. The lowest BCUT2D eigenvalue weighted by atomic mass is 9.99. The first-order valence-corrected chi connectivity index (χ1v) is 6.54. The smallest absolute Gasteiger partial charge is 0.261 e. The topological polar surface area (TPSA) is 57.6 Å². The Balaban J connectivity index is 2.34. The molecule has 0 aromatic heterocycles. The summed E-state index contributed by atoms with van der Waals surface area (Å²) in [7, 11) is 0. The van der Waals surface area contributed by atoms with Crippen LogP contribution in [0.15, 0.2) is 12.1 Å². The molecule has 1 aromatic carbocycles. The summed E-state index contributed by atoms with van der Waals surface area (Å²) in [4.78, 5) is 26.0. The minimum atomic E-state index is -0.203. The Morgan fingerprint density at radius 2 is 1.58 bits per heavy atom. The largest absolute Gasteiger partial charge is 0.396 e. The number of amides is 2. The Morgan fingerprint density at radius 1 is 1.11 bits per heavy atom. The number of rotatable bonds is 4. The van der Waals surface area contributed by atoms with Crippen molar-refractivity contribution in [3.8, 4) is 0 Å². The van der Waals surface area contributed by atoms with Crippen LogP contribution in [0.1, 0.15) is 45.2 Å². The molecule has 4 heteroatoms. The average Bonchev–Trinajstić information content (AvgIpc) is 2.60. The van der Waals surface area contributed by atoms with Gasteiger partial charge in [-0.2, -0.15) is 0 Å². The van der Waals surface area contributed by atoms with Crippen molar-refractivity contribution in [2.24, 2.45) is 5.92 Å². The summed E-state index contributed by atoms with van der Waals surface area (Å²) >= 11 is 0. The van der Waals surface area contributed by atoms with Crippen LogP contribution in [0.2, 0.25) is 0 Å². The van der Waals surface area contributed by atoms with Crippen LogP contribution >= 0.6 is 0 Å². The summed E-state index contributed by atoms with van der Waals surface area (Å²) in [6.07, 6.45) is 0.589.